The van der Waals surface area contributed by atoms with Crippen LogP contribution in [0.1, 0.15) is 12.0 Å². The van der Waals surface area contributed by atoms with Crippen LogP contribution in [0.15, 0.2) is 30.3 Å². The lowest BCUT2D eigenvalue weighted by atomic mass is 10.1. The Balaban J connectivity index is 1.70. The second-order valence-corrected chi connectivity index (χ2v) is 5.45. The lowest BCUT2D eigenvalue weighted by Gasteiger charge is -2.21. The van der Waals surface area contributed by atoms with Gasteiger partial charge in [-0.1, -0.05) is 24.1 Å². The Bertz CT molecular complexity index is 529. The maximum atomic E-state index is 12.2. The fraction of sp³-hybridized carbons (Fsp3) is 0.438. The molecule has 0 radical (unpaired) electrons. The normalized spacial score (nSPS) is 25.8. The topological polar surface area (TPSA) is 23.6 Å². The Hall–Kier alpha value is -1.79. The molecule has 0 unspecified atom stereocenters. The molecule has 0 saturated carbocycles. The number of nitrogens with zero attached hydrogens (tertiary/aromatic N) is 2. The number of fused-ring (bicyclic) bond motifs is 1. The van der Waals surface area contributed by atoms with Gasteiger partial charge in [-0.2, -0.15) is 0 Å². The number of likely N-dealkylation sites (N-methyl/N-ethyl adjacent to an activating group) is 1. The quantitative estimate of drug-likeness (QED) is 0.650. The van der Waals surface area contributed by atoms with Crippen LogP contribution in [0.4, 0.5) is 0 Å². The van der Waals surface area contributed by atoms with E-state index >= 15 is 0 Å². The molecule has 3 rings (SSSR count). The second kappa shape index (κ2) is 5.07. The molecule has 2 atom stereocenters. The molecule has 1 amide bonds. The Morgan fingerprint density at radius 1 is 1.26 bits per heavy atom. The molecule has 2 aliphatic heterocycles. The minimum Gasteiger partial charge on any atom is -0.327 e. The SMILES string of the molecule is CN1C[C@@H]2CCN(C(=O)C#Cc3ccccc3)[C@@H]2C1. The summed E-state index contributed by atoms with van der Waals surface area (Å²) in [6.45, 7) is 2.97. The monoisotopic (exact) mass is 254 g/mol. The van der Waals surface area contributed by atoms with Crippen molar-refractivity contribution in [1.82, 2.24) is 9.80 Å². The van der Waals surface area contributed by atoms with Crippen molar-refractivity contribution in [1.29, 1.82) is 0 Å². The minimum absolute atomic E-state index is 0.0216. The number of hydrogen-bond acceptors (Lipinski definition) is 2. The van der Waals surface area contributed by atoms with E-state index in [0.717, 1.165) is 31.6 Å². The molecule has 1 aromatic rings. The Morgan fingerprint density at radius 2 is 2.05 bits per heavy atom. The van der Waals surface area contributed by atoms with Gasteiger partial charge >= 0.3 is 0 Å². The molecular weight excluding hydrogens is 236 g/mol. The molecular formula is C16H18N2O. The lowest BCUT2D eigenvalue weighted by Crippen LogP contribution is -2.38. The van der Waals surface area contributed by atoms with Crippen LogP contribution >= 0.6 is 0 Å². The van der Waals surface area contributed by atoms with Crippen molar-refractivity contribution in [3.63, 3.8) is 0 Å². The highest BCUT2D eigenvalue weighted by Crippen LogP contribution is 2.30. The fourth-order valence-electron chi connectivity index (χ4n) is 3.14. The van der Waals surface area contributed by atoms with Crippen LogP contribution in [0.5, 0.6) is 0 Å². The summed E-state index contributed by atoms with van der Waals surface area (Å²) in [7, 11) is 2.12. The van der Waals surface area contributed by atoms with Gasteiger partial charge in [0.25, 0.3) is 5.91 Å². The lowest BCUT2D eigenvalue weighted by molar-refractivity contribution is -0.125. The number of rotatable bonds is 0. The van der Waals surface area contributed by atoms with Gasteiger partial charge in [0.05, 0.1) is 0 Å². The summed E-state index contributed by atoms with van der Waals surface area (Å²) in [4.78, 5) is 16.5. The van der Waals surface area contributed by atoms with Crippen LogP contribution in [0, 0.1) is 17.8 Å². The average Bonchev–Trinajstić information content (AvgIpc) is 2.96. The van der Waals surface area contributed by atoms with E-state index in [2.05, 4.69) is 23.8 Å². The first-order valence-corrected chi connectivity index (χ1v) is 6.80. The predicted octanol–water partition coefficient (Wildman–Crippen LogP) is 1.20. The van der Waals surface area contributed by atoms with Crippen molar-refractivity contribution in [3.05, 3.63) is 35.9 Å². The maximum Gasteiger partial charge on any atom is 0.299 e. The molecule has 19 heavy (non-hydrogen) atoms. The Kier molecular flexibility index (Phi) is 3.27. The number of benzene rings is 1. The van der Waals surface area contributed by atoms with E-state index in [0.29, 0.717) is 12.0 Å². The molecule has 2 aliphatic rings. The largest absolute Gasteiger partial charge is 0.327 e. The summed E-state index contributed by atoms with van der Waals surface area (Å²) in [5.41, 5.74) is 0.898. The van der Waals surface area contributed by atoms with Gasteiger partial charge in [0.15, 0.2) is 0 Å². The van der Waals surface area contributed by atoms with Gasteiger partial charge in [0.1, 0.15) is 0 Å². The number of carbonyl (C=O) groups excluding carboxylic acids is 1. The Labute approximate surface area is 114 Å². The van der Waals surface area contributed by atoms with Gasteiger partial charge in [-0.25, -0.2) is 0 Å². The van der Waals surface area contributed by atoms with E-state index in [1.165, 1.54) is 0 Å². The standard InChI is InChI=1S/C16H18N2O/c1-17-11-14-9-10-18(15(14)12-17)16(19)8-7-13-5-3-2-4-6-13/h2-6,14-15H,9-12H2,1H3/t14-,15+/m0/s1. The fourth-order valence-corrected chi connectivity index (χ4v) is 3.14. The summed E-state index contributed by atoms with van der Waals surface area (Å²) < 4.78 is 0. The van der Waals surface area contributed by atoms with Crippen molar-refractivity contribution >= 4 is 5.91 Å². The van der Waals surface area contributed by atoms with Crippen LogP contribution in [0.2, 0.25) is 0 Å². The molecule has 0 bridgehead atoms. The molecule has 0 N–H and O–H groups in total. The van der Waals surface area contributed by atoms with Crippen LogP contribution in [-0.2, 0) is 4.79 Å². The van der Waals surface area contributed by atoms with Crippen LogP contribution < -0.4 is 0 Å². The van der Waals surface area contributed by atoms with Crippen LogP contribution in [0.25, 0.3) is 0 Å². The molecule has 98 valence electrons. The molecule has 1 aromatic carbocycles. The van der Waals surface area contributed by atoms with Crippen molar-refractivity contribution in [2.45, 2.75) is 12.5 Å². The summed E-state index contributed by atoms with van der Waals surface area (Å²) in [6.07, 6.45) is 1.12. The van der Waals surface area contributed by atoms with E-state index in [9.17, 15) is 4.79 Å². The minimum atomic E-state index is -0.0216. The molecule has 2 heterocycles. The molecule has 3 nitrogen and oxygen atoms in total. The smallest absolute Gasteiger partial charge is 0.299 e. The zero-order valence-electron chi connectivity index (χ0n) is 11.2. The predicted molar refractivity (Wildman–Crippen MR) is 74.4 cm³/mol. The van der Waals surface area contributed by atoms with E-state index < -0.39 is 0 Å². The van der Waals surface area contributed by atoms with E-state index in [-0.39, 0.29) is 5.91 Å². The number of likely N-dealkylation sites (tertiary alicyclic amines) is 2. The summed E-state index contributed by atoms with van der Waals surface area (Å²) in [5.74, 6) is 6.37. The highest BCUT2D eigenvalue weighted by Gasteiger charge is 2.41. The van der Waals surface area contributed by atoms with Crippen molar-refractivity contribution in [3.8, 4) is 11.8 Å². The number of hydrogen-bond donors (Lipinski definition) is 0. The summed E-state index contributed by atoms with van der Waals surface area (Å²) >= 11 is 0. The van der Waals surface area contributed by atoms with Crippen LogP contribution in [-0.4, -0.2) is 48.4 Å². The first-order chi connectivity index (χ1) is 9.24. The van der Waals surface area contributed by atoms with Crippen molar-refractivity contribution < 1.29 is 4.79 Å². The number of carbonyl (C=O) groups is 1. The first kappa shape index (κ1) is 12.3. The van der Waals surface area contributed by atoms with Gasteiger partial charge in [0, 0.05) is 37.2 Å². The highest BCUT2D eigenvalue weighted by atomic mass is 16.2. The second-order valence-electron chi connectivity index (χ2n) is 5.45. The van der Waals surface area contributed by atoms with E-state index in [1.54, 1.807) is 0 Å². The summed E-state index contributed by atoms with van der Waals surface area (Å²) in [5, 5.41) is 0. The molecule has 2 fully saturated rings. The molecule has 2 saturated heterocycles. The third kappa shape index (κ3) is 2.50. The van der Waals surface area contributed by atoms with Crippen LogP contribution in [0.3, 0.4) is 0 Å². The average molecular weight is 254 g/mol. The summed E-state index contributed by atoms with van der Waals surface area (Å²) in [6, 6.07) is 10.1. The molecule has 0 aliphatic carbocycles. The number of amides is 1. The third-order valence-electron chi connectivity index (χ3n) is 4.08. The molecule has 3 heteroatoms. The molecule has 0 spiro atoms. The van der Waals surface area contributed by atoms with Gasteiger partial charge < -0.3 is 9.80 Å². The van der Waals surface area contributed by atoms with E-state index in [1.807, 2.05) is 35.2 Å². The van der Waals surface area contributed by atoms with Gasteiger partial charge in [-0.05, 0) is 31.5 Å². The zero-order valence-corrected chi connectivity index (χ0v) is 11.2. The zero-order chi connectivity index (χ0) is 13.2. The first-order valence-electron chi connectivity index (χ1n) is 6.80. The van der Waals surface area contributed by atoms with Gasteiger partial charge in [-0.3, -0.25) is 4.79 Å². The Morgan fingerprint density at radius 3 is 2.84 bits per heavy atom. The van der Waals surface area contributed by atoms with Gasteiger partial charge in [-0.15, -0.1) is 0 Å². The van der Waals surface area contributed by atoms with Gasteiger partial charge in [0.2, 0.25) is 0 Å². The van der Waals surface area contributed by atoms with E-state index in [4.69, 9.17) is 0 Å². The maximum absolute atomic E-state index is 12.2. The molecule has 0 aromatic heterocycles. The third-order valence-corrected chi connectivity index (χ3v) is 4.08. The highest BCUT2D eigenvalue weighted by molar-refractivity contribution is 5.94. The van der Waals surface area contributed by atoms with Crippen molar-refractivity contribution in [2.24, 2.45) is 5.92 Å². The van der Waals surface area contributed by atoms with Crippen molar-refractivity contribution in [2.75, 3.05) is 26.7 Å².